The van der Waals surface area contributed by atoms with Crippen LogP contribution in [0.4, 0.5) is 10.5 Å². The summed E-state index contributed by atoms with van der Waals surface area (Å²) in [5, 5.41) is 10.5. The van der Waals surface area contributed by atoms with Crippen LogP contribution in [-0.2, 0) is 17.8 Å². The zero-order chi connectivity index (χ0) is 24.2. The number of halogens is 3. The number of benzene rings is 3. The number of hydrogen-bond donors (Lipinski definition) is 1. The molecule has 1 fully saturated rings. The van der Waals surface area contributed by atoms with Crippen LogP contribution >= 0.6 is 39.1 Å². The lowest BCUT2D eigenvalue weighted by Crippen LogP contribution is -2.53. The molecule has 0 bridgehead atoms. The second-order valence-electron chi connectivity index (χ2n) is 8.38. The van der Waals surface area contributed by atoms with E-state index in [1.165, 1.54) is 0 Å². The quantitative estimate of drug-likeness (QED) is 0.342. The fourth-order valence-electron chi connectivity index (χ4n) is 4.24. The van der Waals surface area contributed by atoms with Crippen molar-refractivity contribution < 1.29 is 14.7 Å². The number of anilines is 1. The van der Waals surface area contributed by atoms with Crippen LogP contribution in [0.15, 0.2) is 71.2 Å². The summed E-state index contributed by atoms with van der Waals surface area (Å²) in [6.45, 7) is 0.946. The second kappa shape index (κ2) is 10.8. The van der Waals surface area contributed by atoms with Crippen molar-refractivity contribution in [2.75, 3.05) is 18.0 Å². The zero-order valence-electron chi connectivity index (χ0n) is 18.3. The van der Waals surface area contributed by atoms with Gasteiger partial charge in [0, 0.05) is 47.2 Å². The van der Waals surface area contributed by atoms with Crippen molar-refractivity contribution in [3.63, 3.8) is 0 Å². The summed E-state index contributed by atoms with van der Waals surface area (Å²) in [4.78, 5) is 28.2. The van der Waals surface area contributed by atoms with Crippen LogP contribution in [0.25, 0.3) is 0 Å². The number of carbonyl (C=O) groups is 2. The van der Waals surface area contributed by atoms with E-state index in [2.05, 4.69) is 15.9 Å². The lowest BCUT2D eigenvalue weighted by atomic mass is 9.99. The molecule has 1 saturated heterocycles. The smallest absolute Gasteiger partial charge is 0.324 e. The standard InChI is InChI=1S/C26H23BrCl2N2O3/c27-20-7-9-21(10-8-20)31-15-18(13-24(32)33)14-30(26(31)34)16-19-6-11-23(28)22(25(19)29)12-17-4-2-1-3-5-17/h1-11,18H,12-16H2,(H,32,33). The molecule has 34 heavy (non-hydrogen) atoms. The Kier molecular flexibility index (Phi) is 7.81. The summed E-state index contributed by atoms with van der Waals surface area (Å²) in [6, 6.07) is 20.8. The predicted molar refractivity (Wildman–Crippen MR) is 139 cm³/mol. The predicted octanol–water partition coefficient (Wildman–Crippen LogP) is 6.88. The van der Waals surface area contributed by atoms with Crippen molar-refractivity contribution in [2.24, 2.45) is 5.92 Å². The number of carboxylic acid groups (broad SMARTS) is 1. The molecule has 0 saturated carbocycles. The Hall–Kier alpha value is -2.54. The Morgan fingerprint density at radius 3 is 2.38 bits per heavy atom. The Labute approximate surface area is 217 Å². The van der Waals surface area contributed by atoms with Gasteiger partial charge in [-0.15, -0.1) is 0 Å². The third-order valence-electron chi connectivity index (χ3n) is 5.87. The maximum absolute atomic E-state index is 13.4. The lowest BCUT2D eigenvalue weighted by Gasteiger charge is -2.40. The third-order valence-corrected chi connectivity index (χ3v) is 7.23. The Bertz CT molecular complexity index is 1190. The molecule has 8 heteroatoms. The highest BCUT2D eigenvalue weighted by atomic mass is 79.9. The van der Waals surface area contributed by atoms with E-state index in [0.29, 0.717) is 29.6 Å². The van der Waals surface area contributed by atoms with Crippen molar-refractivity contribution in [2.45, 2.75) is 19.4 Å². The minimum atomic E-state index is -0.885. The monoisotopic (exact) mass is 560 g/mol. The van der Waals surface area contributed by atoms with Crippen LogP contribution < -0.4 is 4.90 Å². The SMILES string of the molecule is O=C(O)CC1CN(Cc2ccc(Cl)c(Cc3ccccc3)c2Cl)C(=O)N(c2ccc(Br)cc2)C1. The molecule has 1 heterocycles. The van der Waals surface area contributed by atoms with Crippen molar-refractivity contribution >= 4 is 56.8 Å². The van der Waals surface area contributed by atoms with Crippen LogP contribution in [0.5, 0.6) is 0 Å². The van der Waals surface area contributed by atoms with E-state index in [-0.39, 0.29) is 24.9 Å². The van der Waals surface area contributed by atoms with Gasteiger partial charge < -0.3 is 10.0 Å². The Balaban J connectivity index is 1.62. The van der Waals surface area contributed by atoms with Gasteiger partial charge in [-0.3, -0.25) is 9.69 Å². The number of nitrogens with zero attached hydrogens (tertiary/aromatic N) is 2. The van der Waals surface area contributed by atoms with Gasteiger partial charge in [-0.05, 0) is 47.0 Å². The van der Waals surface area contributed by atoms with Gasteiger partial charge in [-0.25, -0.2) is 4.79 Å². The summed E-state index contributed by atoms with van der Waals surface area (Å²) in [6.07, 6.45) is 0.553. The highest BCUT2D eigenvalue weighted by Gasteiger charge is 2.34. The van der Waals surface area contributed by atoms with Gasteiger partial charge in [0.15, 0.2) is 0 Å². The zero-order valence-corrected chi connectivity index (χ0v) is 21.4. The van der Waals surface area contributed by atoms with Crippen molar-refractivity contribution in [3.8, 4) is 0 Å². The molecule has 1 atom stereocenters. The topological polar surface area (TPSA) is 60.9 Å². The van der Waals surface area contributed by atoms with E-state index in [1.807, 2.05) is 60.7 Å². The van der Waals surface area contributed by atoms with E-state index < -0.39 is 5.97 Å². The molecule has 1 aliphatic heterocycles. The maximum Gasteiger partial charge on any atom is 0.324 e. The highest BCUT2D eigenvalue weighted by molar-refractivity contribution is 9.10. The van der Waals surface area contributed by atoms with Crippen molar-refractivity contribution in [1.82, 2.24) is 4.90 Å². The van der Waals surface area contributed by atoms with Crippen LogP contribution in [0.1, 0.15) is 23.1 Å². The molecule has 0 spiro atoms. The molecule has 1 unspecified atom stereocenters. The third kappa shape index (κ3) is 5.74. The molecule has 0 aromatic heterocycles. The first-order chi connectivity index (χ1) is 16.3. The van der Waals surface area contributed by atoms with Crippen molar-refractivity contribution in [1.29, 1.82) is 0 Å². The van der Waals surface area contributed by atoms with Gasteiger partial charge in [0.25, 0.3) is 0 Å². The van der Waals surface area contributed by atoms with Gasteiger partial charge >= 0.3 is 12.0 Å². The molecule has 4 rings (SSSR count). The highest BCUT2D eigenvalue weighted by Crippen LogP contribution is 2.33. The largest absolute Gasteiger partial charge is 0.481 e. The fourth-order valence-corrected chi connectivity index (χ4v) is 5.06. The number of amides is 2. The number of urea groups is 1. The number of rotatable bonds is 7. The minimum absolute atomic E-state index is 0.0234. The summed E-state index contributed by atoms with van der Waals surface area (Å²) < 4.78 is 0.901. The Morgan fingerprint density at radius 1 is 1.00 bits per heavy atom. The normalized spacial score (nSPS) is 16.1. The number of carboxylic acids is 1. The molecule has 3 aromatic rings. The first-order valence-electron chi connectivity index (χ1n) is 10.8. The molecule has 3 aromatic carbocycles. The molecule has 2 amide bonds. The molecule has 1 aliphatic rings. The average molecular weight is 562 g/mol. The van der Waals surface area contributed by atoms with E-state index in [1.54, 1.807) is 15.9 Å². The van der Waals surface area contributed by atoms with Crippen LogP contribution in [-0.4, -0.2) is 35.1 Å². The van der Waals surface area contributed by atoms with Gasteiger partial charge in [-0.1, -0.05) is 75.5 Å². The van der Waals surface area contributed by atoms with E-state index in [9.17, 15) is 14.7 Å². The first-order valence-corrected chi connectivity index (χ1v) is 12.4. The average Bonchev–Trinajstić information content (AvgIpc) is 2.81. The van der Waals surface area contributed by atoms with Gasteiger partial charge in [-0.2, -0.15) is 0 Å². The van der Waals surface area contributed by atoms with Crippen LogP contribution in [0.2, 0.25) is 10.0 Å². The lowest BCUT2D eigenvalue weighted by molar-refractivity contribution is -0.138. The van der Waals surface area contributed by atoms with Gasteiger partial charge in [0.05, 0.1) is 11.4 Å². The molecule has 176 valence electrons. The molecule has 0 radical (unpaired) electrons. The number of hydrogen-bond acceptors (Lipinski definition) is 2. The fraction of sp³-hybridized carbons (Fsp3) is 0.231. The molecule has 0 aliphatic carbocycles. The van der Waals surface area contributed by atoms with E-state index in [0.717, 1.165) is 26.9 Å². The summed E-state index contributed by atoms with van der Waals surface area (Å²) in [5.41, 5.74) is 3.39. The second-order valence-corrected chi connectivity index (χ2v) is 10.1. The van der Waals surface area contributed by atoms with E-state index >= 15 is 0 Å². The van der Waals surface area contributed by atoms with Crippen LogP contribution in [0, 0.1) is 5.92 Å². The van der Waals surface area contributed by atoms with Crippen molar-refractivity contribution in [3.05, 3.63) is 97.9 Å². The minimum Gasteiger partial charge on any atom is -0.481 e. The molecular weight excluding hydrogens is 539 g/mol. The maximum atomic E-state index is 13.4. The number of aliphatic carboxylic acids is 1. The molecular formula is C26H23BrCl2N2O3. The summed E-state index contributed by atoms with van der Waals surface area (Å²) >= 11 is 16.7. The van der Waals surface area contributed by atoms with E-state index in [4.69, 9.17) is 23.2 Å². The van der Waals surface area contributed by atoms with Gasteiger partial charge in [0.1, 0.15) is 0 Å². The summed E-state index contributed by atoms with van der Waals surface area (Å²) in [5.74, 6) is -1.10. The van der Waals surface area contributed by atoms with Crippen LogP contribution in [0.3, 0.4) is 0 Å². The molecule has 1 N–H and O–H groups in total. The molecule has 5 nitrogen and oxygen atoms in total. The van der Waals surface area contributed by atoms with Gasteiger partial charge in [0.2, 0.25) is 0 Å². The Morgan fingerprint density at radius 2 is 1.71 bits per heavy atom. The first kappa shape index (κ1) is 24.6. The summed E-state index contributed by atoms with van der Waals surface area (Å²) in [7, 11) is 0. The number of carbonyl (C=O) groups excluding carboxylic acids is 1.